The third-order valence-corrected chi connectivity index (χ3v) is 3.62. The van der Waals surface area contributed by atoms with Gasteiger partial charge in [0.05, 0.1) is 17.1 Å². The van der Waals surface area contributed by atoms with Gasteiger partial charge in [-0.1, -0.05) is 0 Å². The SMILES string of the molecule is Cc1nc2ccc(NC(=O)COC3CCNCC3)cc2[nH]1. The number of fused-ring (bicyclic) bond motifs is 1. The predicted octanol–water partition coefficient (Wildman–Crippen LogP) is 1.58. The molecule has 1 aromatic heterocycles. The van der Waals surface area contributed by atoms with E-state index in [1.807, 2.05) is 25.1 Å². The number of rotatable bonds is 4. The van der Waals surface area contributed by atoms with E-state index in [0.717, 1.165) is 48.5 Å². The van der Waals surface area contributed by atoms with Crippen molar-refractivity contribution in [1.29, 1.82) is 0 Å². The van der Waals surface area contributed by atoms with Crippen LogP contribution in [-0.2, 0) is 9.53 Å². The number of imidazole rings is 1. The molecule has 6 heteroatoms. The van der Waals surface area contributed by atoms with E-state index in [9.17, 15) is 4.79 Å². The highest BCUT2D eigenvalue weighted by Crippen LogP contribution is 2.17. The molecule has 1 aromatic carbocycles. The molecular formula is C15H20N4O2. The molecule has 1 fully saturated rings. The van der Waals surface area contributed by atoms with E-state index in [1.54, 1.807) is 0 Å². The summed E-state index contributed by atoms with van der Waals surface area (Å²) in [6.45, 7) is 3.93. The Morgan fingerprint density at radius 1 is 1.43 bits per heavy atom. The molecule has 0 aliphatic carbocycles. The van der Waals surface area contributed by atoms with Crippen molar-refractivity contribution in [3.63, 3.8) is 0 Å². The van der Waals surface area contributed by atoms with E-state index in [-0.39, 0.29) is 18.6 Å². The highest BCUT2D eigenvalue weighted by atomic mass is 16.5. The Hall–Kier alpha value is -1.92. The van der Waals surface area contributed by atoms with Crippen LogP contribution in [0.1, 0.15) is 18.7 Å². The molecule has 3 rings (SSSR count). The summed E-state index contributed by atoms with van der Waals surface area (Å²) >= 11 is 0. The van der Waals surface area contributed by atoms with Crippen LogP contribution in [0.25, 0.3) is 11.0 Å². The number of H-pyrrole nitrogens is 1. The summed E-state index contributed by atoms with van der Waals surface area (Å²) in [6, 6.07) is 5.63. The number of nitrogens with zero attached hydrogens (tertiary/aromatic N) is 1. The highest BCUT2D eigenvalue weighted by molar-refractivity contribution is 5.93. The van der Waals surface area contributed by atoms with Crippen LogP contribution in [-0.4, -0.2) is 41.7 Å². The average molecular weight is 288 g/mol. The van der Waals surface area contributed by atoms with Gasteiger partial charge in [0.25, 0.3) is 0 Å². The highest BCUT2D eigenvalue weighted by Gasteiger charge is 2.15. The maximum absolute atomic E-state index is 11.9. The topological polar surface area (TPSA) is 79.0 Å². The molecule has 0 spiro atoms. The first-order valence-electron chi connectivity index (χ1n) is 7.29. The maximum Gasteiger partial charge on any atom is 0.250 e. The van der Waals surface area contributed by atoms with Crippen molar-refractivity contribution >= 4 is 22.6 Å². The number of carbonyl (C=O) groups excluding carboxylic acids is 1. The molecule has 3 N–H and O–H groups in total. The molecule has 1 amide bonds. The van der Waals surface area contributed by atoms with Crippen LogP contribution >= 0.6 is 0 Å². The minimum absolute atomic E-state index is 0.102. The van der Waals surface area contributed by atoms with Gasteiger partial charge in [-0.05, 0) is 51.1 Å². The second-order valence-corrected chi connectivity index (χ2v) is 5.36. The Kier molecular flexibility index (Phi) is 4.17. The summed E-state index contributed by atoms with van der Waals surface area (Å²) in [5, 5.41) is 6.13. The van der Waals surface area contributed by atoms with Gasteiger partial charge in [-0.3, -0.25) is 4.79 Å². The second kappa shape index (κ2) is 6.24. The number of amides is 1. The number of aryl methyl sites for hydroxylation is 1. The van der Waals surface area contributed by atoms with E-state index >= 15 is 0 Å². The number of aromatic nitrogens is 2. The lowest BCUT2D eigenvalue weighted by Crippen LogP contribution is -2.34. The zero-order valence-corrected chi connectivity index (χ0v) is 12.1. The van der Waals surface area contributed by atoms with Gasteiger partial charge in [0.1, 0.15) is 12.4 Å². The van der Waals surface area contributed by atoms with Gasteiger partial charge in [-0.2, -0.15) is 0 Å². The summed E-state index contributed by atoms with van der Waals surface area (Å²) in [5.74, 6) is 0.742. The minimum atomic E-state index is -0.121. The molecule has 0 unspecified atom stereocenters. The molecule has 21 heavy (non-hydrogen) atoms. The van der Waals surface area contributed by atoms with Gasteiger partial charge in [0, 0.05) is 5.69 Å². The van der Waals surface area contributed by atoms with Gasteiger partial charge in [0.15, 0.2) is 0 Å². The Bertz CT molecular complexity index is 632. The quantitative estimate of drug-likeness (QED) is 0.798. The molecule has 1 aliphatic heterocycles. The number of piperidine rings is 1. The van der Waals surface area contributed by atoms with E-state index in [2.05, 4.69) is 20.6 Å². The number of ether oxygens (including phenoxy) is 1. The Morgan fingerprint density at radius 3 is 3.05 bits per heavy atom. The van der Waals surface area contributed by atoms with Crippen molar-refractivity contribution in [2.45, 2.75) is 25.9 Å². The van der Waals surface area contributed by atoms with Crippen LogP contribution in [0.2, 0.25) is 0 Å². The van der Waals surface area contributed by atoms with Crippen LogP contribution in [0.15, 0.2) is 18.2 Å². The van der Waals surface area contributed by atoms with Crippen molar-refractivity contribution in [3.8, 4) is 0 Å². The number of anilines is 1. The zero-order valence-electron chi connectivity index (χ0n) is 12.1. The van der Waals surface area contributed by atoms with Gasteiger partial charge in [-0.25, -0.2) is 4.98 Å². The van der Waals surface area contributed by atoms with E-state index in [0.29, 0.717) is 0 Å². The van der Waals surface area contributed by atoms with E-state index < -0.39 is 0 Å². The summed E-state index contributed by atoms with van der Waals surface area (Å²) in [4.78, 5) is 19.4. The molecule has 112 valence electrons. The number of nitrogens with one attached hydrogen (secondary N) is 3. The fraction of sp³-hybridized carbons (Fsp3) is 0.467. The van der Waals surface area contributed by atoms with Crippen LogP contribution in [0.4, 0.5) is 5.69 Å². The van der Waals surface area contributed by atoms with Crippen molar-refractivity contribution < 1.29 is 9.53 Å². The largest absolute Gasteiger partial charge is 0.368 e. The Labute approximate surface area is 123 Å². The lowest BCUT2D eigenvalue weighted by Gasteiger charge is -2.22. The van der Waals surface area contributed by atoms with Crippen molar-refractivity contribution in [2.24, 2.45) is 0 Å². The van der Waals surface area contributed by atoms with Crippen LogP contribution in [0, 0.1) is 6.92 Å². The van der Waals surface area contributed by atoms with Gasteiger partial charge in [-0.15, -0.1) is 0 Å². The zero-order chi connectivity index (χ0) is 14.7. The number of hydrogen-bond donors (Lipinski definition) is 3. The van der Waals surface area contributed by atoms with Gasteiger partial charge >= 0.3 is 0 Å². The molecule has 1 saturated heterocycles. The fourth-order valence-corrected chi connectivity index (χ4v) is 2.57. The molecule has 2 heterocycles. The van der Waals surface area contributed by atoms with E-state index in [4.69, 9.17) is 4.74 Å². The number of benzene rings is 1. The third-order valence-electron chi connectivity index (χ3n) is 3.62. The Morgan fingerprint density at radius 2 is 2.24 bits per heavy atom. The first-order valence-corrected chi connectivity index (χ1v) is 7.29. The van der Waals surface area contributed by atoms with Crippen molar-refractivity contribution in [2.75, 3.05) is 25.0 Å². The number of hydrogen-bond acceptors (Lipinski definition) is 4. The molecule has 0 bridgehead atoms. The molecule has 0 radical (unpaired) electrons. The van der Waals surface area contributed by atoms with Crippen molar-refractivity contribution in [3.05, 3.63) is 24.0 Å². The molecule has 1 aliphatic rings. The van der Waals surface area contributed by atoms with Crippen LogP contribution in [0.5, 0.6) is 0 Å². The summed E-state index contributed by atoms with van der Waals surface area (Å²) in [5.41, 5.74) is 2.58. The van der Waals surface area contributed by atoms with Crippen molar-refractivity contribution in [1.82, 2.24) is 15.3 Å². The molecular weight excluding hydrogens is 268 g/mol. The molecule has 2 aromatic rings. The third kappa shape index (κ3) is 3.59. The molecule has 0 atom stereocenters. The predicted molar refractivity (Wildman–Crippen MR) is 81.3 cm³/mol. The second-order valence-electron chi connectivity index (χ2n) is 5.36. The lowest BCUT2D eigenvalue weighted by molar-refractivity contribution is -0.123. The number of aromatic amines is 1. The summed E-state index contributed by atoms with van der Waals surface area (Å²) < 4.78 is 5.64. The fourth-order valence-electron chi connectivity index (χ4n) is 2.57. The van der Waals surface area contributed by atoms with Gasteiger partial charge in [0.2, 0.25) is 5.91 Å². The Balaban J connectivity index is 1.55. The minimum Gasteiger partial charge on any atom is -0.368 e. The summed E-state index contributed by atoms with van der Waals surface area (Å²) in [7, 11) is 0. The smallest absolute Gasteiger partial charge is 0.250 e. The van der Waals surface area contributed by atoms with Crippen LogP contribution in [0.3, 0.4) is 0 Å². The van der Waals surface area contributed by atoms with Gasteiger partial charge < -0.3 is 20.4 Å². The lowest BCUT2D eigenvalue weighted by atomic mass is 10.1. The standard InChI is InChI=1S/C15H20N4O2/c1-10-17-13-3-2-11(8-14(13)18-10)19-15(20)9-21-12-4-6-16-7-5-12/h2-3,8,12,16H,4-7,9H2,1H3,(H,17,18)(H,19,20). The molecule has 6 nitrogen and oxygen atoms in total. The normalized spacial score (nSPS) is 16.2. The number of carbonyl (C=O) groups is 1. The maximum atomic E-state index is 11.9. The summed E-state index contributed by atoms with van der Waals surface area (Å²) in [6.07, 6.45) is 2.12. The average Bonchev–Trinajstić information content (AvgIpc) is 2.85. The molecule has 0 saturated carbocycles. The van der Waals surface area contributed by atoms with E-state index in [1.165, 1.54) is 0 Å². The first-order chi connectivity index (χ1) is 10.2. The van der Waals surface area contributed by atoms with Crippen LogP contribution < -0.4 is 10.6 Å². The first kappa shape index (κ1) is 14.0. The monoisotopic (exact) mass is 288 g/mol.